The molecule has 0 aliphatic rings. The molecule has 0 fully saturated rings. The van der Waals surface area contributed by atoms with Gasteiger partial charge in [0.2, 0.25) is 0 Å². The van der Waals surface area contributed by atoms with Crippen molar-refractivity contribution in [2.45, 2.75) is 33.1 Å². The van der Waals surface area contributed by atoms with Gasteiger partial charge < -0.3 is 19.5 Å². The number of aryl methyl sites for hydroxylation is 2. The fourth-order valence-corrected chi connectivity index (χ4v) is 2.92. The first-order valence-electron chi connectivity index (χ1n) is 8.01. The van der Waals surface area contributed by atoms with Crippen LogP contribution < -0.4 is 4.74 Å². The number of aromatic nitrogens is 2. The van der Waals surface area contributed by atoms with Gasteiger partial charge in [-0.2, -0.15) is 0 Å². The standard InChI is InChI=1S/C19H22N2O3/c1-13-7-14(2)9-16(8-13)24-12-15(23)10-21-18-6-4-3-5-17(18)20-19(21)11-22/h3-9,15,22-23H,10-12H2,1-2H3. The Bertz CT molecular complexity index is 821. The Labute approximate surface area is 141 Å². The summed E-state index contributed by atoms with van der Waals surface area (Å²) in [6.07, 6.45) is -0.700. The van der Waals surface area contributed by atoms with Crippen molar-refractivity contribution >= 4 is 11.0 Å². The molecule has 3 rings (SSSR count). The lowest BCUT2D eigenvalue weighted by molar-refractivity contribution is 0.0914. The molecule has 0 aliphatic heterocycles. The van der Waals surface area contributed by atoms with E-state index in [1.165, 1.54) is 0 Å². The van der Waals surface area contributed by atoms with E-state index in [4.69, 9.17) is 4.74 Å². The van der Waals surface area contributed by atoms with E-state index >= 15 is 0 Å². The van der Waals surface area contributed by atoms with E-state index in [9.17, 15) is 10.2 Å². The largest absolute Gasteiger partial charge is 0.491 e. The Morgan fingerprint density at radius 1 is 1.12 bits per heavy atom. The highest BCUT2D eigenvalue weighted by Crippen LogP contribution is 2.18. The molecule has 126 valence electrons. The maximum atomic E-state index is 10.3. The molecule has 0 radical (unpaired) electrons. The number of ether oxygens (including phenoxy) is 1. The van der Waals surface area contributed by atoms with E-state index in [-0.39, 0.29) is 13.2 Å². The average molecular weight is 326 g/mol. The van der Waals surface area contributed by atoms with E-state index in [0.717, 1.165) is 27.9 Å². The highest BCUT2D eigenvalue weighted by molar-refractivity contribution is 5.75. The quantitative estimate of drug-likeness (QED) is 0.731. The van der Waals surface area contributed by atoms with Crippen molar-refractivity contribution in [3.8, 4) is 5.75 Å². The first-order valence-corrected chi connectivity index (χ1v) is 8.01. The van der Waals surface area contributed by atoms with E-state index in [1.54, 1.807) is 0 Å². The first kappa shape index (κ1) is 16.5. The van der Waals surface area contributed by atoms with Crippen LogP contribution in [0, 0.1) is 13.8 Å². The van der Waals surface area contributed by atoms with Crippen LogP contribution in [0.5, 0.6) is 5.75 Å². The Morgan fingerprint density at radius 3 is 2.54 bits per heavy atom. The summed E-state index contributed by atoms with van der Waals surface area (Å²) in [5, 5.41) is 19.9. The second-order valence-corrected chi connectivity index (χ2v) is 6.07. The number of para-hydroxylation sites is 2. The summed E-state index contributed by atoms with van der Waals surface area (Å²) in [6.45, 7) is 4.36. The molecule has 5 heteroatoms. The number of aliphatic hydroxyl groups is 2. The maximum absolute atomic E-state index is 10.3. The van der Waals surface area contributed by atoms with Crippen LogP contribution in [0.1, 0.15) is 17.0 Å². The summed E-state index contributed by atoms with van der Waals surface area (Å²) >= 11 is 0. The molecule has 0 aliphatic carbocycles. The van der Waals surface area contributed by atoms with Crippen molar-refractivity contribution in [1.29, 1.82) is 0 Å². The average Bonchev–Trinajstić information content (AvgIpc) is 2.90. The van der Waals surface area contributed by atoms with Crippen molar-refractivity contribution in [2.75, 3.05) is 6.61 Å². The van der Waals surface area contributed by atoms with Gasteiger partial charge in [0.15, 0.2) is 0 Å². The molecule has 2 aromatic carbocycles. The Balaban J connectivity index is 1.72. The lowest BCUT2D eigenvalue weighted by atomic mass is 10.1. The molecule has 0 amide bonds. The van der Waals surface area contributed by atoms with Crippen LogP contribution in [0.2, 0.25) is 0 Å². The molecule has 24 heavy (non-hydrogen) atoms. The van der Waals surface area contributed by atoms with Crippen LogP contribution in [0.4, 0.5) is 0 Å². The van der Waals surface area contributed by atoms with Crippen molar-refractivity contribution in [3.05, 3.63) is 59.4 Å². The van der Waals surface area contributed by atoms with Crippen LogP contribution >= 0.6 is 0 Å². The zero-order valence-corrected chi connectivity index (χ0v) is 13.9. The zero-order valence-electron chi connectivity index (χ0n) is 13.9. The van der Waals surface area contributed by atoms with Gasteiger partial charge in [0.05, 0.1) is 17.6 Å². The third-order valence-corrected chi connectivity index (χ3v) is 3.91. The second kappa shape index (κ2) is 7.03. The SMILES string of the molecule is Cc1cc(C)cc(OCC(O)Cn2c(CO)nc3ccccc32)c1. The van der Waals surface area contributed by atoms with Crippen LogP contribution in [0.25, 0.3) is 11.0 Å². The van der Waals surface area contributed by atoms with E-state index in [2.05, 4.69) is 11.1 Å². The highest BCUT2D eigenvalue weighted by atomic mass is 16.5. The van der Waals surface area contributed by atoms with E-state index in [0.29, 0.717) is 12.4 Å². The third kappa shape index (κ3) is 3.58. The summed E-state index contributed by atoms with van der Waals surface area (Å²) in [7, 11) is 0. The fourth-order valence-electron chi connectivity index (χ4n) is 2.92. The second-order valence-electron chi connectivity index (χ2n) is 6.07. The number of hydrogen-bond acceptors (Lipinski definition) is 4. The Morgan fingerprint density at radius 2 is 1.83 bits per heavy atom. The van der Waals surface area contributed by atoms with Gasteiger partial charge in [-0.05, 0) is 49.2 Å². The molecule has 0 saturated carbocycles. The van der Waals surface area contributed by atoms with Crippen LogP contribution in [-0.4, -0.2) is 32.5 Å². The lowest BCUT2D eigenvalue weighted by Crippen LogP contribution is -2.24. The molecular formula is C19H22N2O3. The van der Waals surface area contributed by atoms with Crippen LogP contribution in [0.3, 0.4) is 0 Å². The Kier molecular flexibility index (Phi) is 4.83. The number of rotatable bonds is 6. The summed E-state index contributed by atoms with van der Waals surface area (Å²) in [5.74, 6) is 1.30. The van der Waals surface area contributed by atoms with Gasteiger partial charge in [-0.25, -0.2) is 4.98 Å². The summed E-state index contributed by atoms with van der Waals surface area (Å²) in [4.78, 5) is 4.39. The van der Waals surface area contributed by atoms with Crippen molar-refractivity contribution in [3.63, 3.8) is 0 Å². The molecule has 1 heterocycles. The van der Waals surface area contributed by atoms with Gasteiger partial charge in [-0.15, -0.1) is 0 Å². The normalized spacial score (nSPS) is 12.5. The molecule has 3 aromatic rings. The number of imidazole rings is 1. The van der Waals surface area contributed by atoms with Gasteiger partial charge >= 0.3 is 0 Å². The van der Waals surface area contributed by atoms with Crippen molar-refractivity contribution in [1.82, 2.24) is 9.55 Å². The predicted octanol–water partition coefficient (Wildman–Crippen LogP) is 2.59. The third-order valence-electron chi connectivity index (χ3n) is 3.91. The molecule has 1 aromatic heterocycles. The fraction of sp³-hybridized carbons (Fsp3) is 0.316. The molecule has 0 spiro atoms. The van der Waals surface area contributed by atoms with Gasteiger partial charge in [-0.1, -0.05) is 18.2 Å². The number of fused-ring (bicyclic) bond motifs is 1. The predicted molar refractivity (Wildman–Crippen MR) is 93.1 cm³/mol. The minimum absolute atomic E-state index is 0.167. The first-order chi connectivity index (χ1) is 11.6. The van der Waals surface area contributed by atoms with E-state index < -0.39 is 6.10 Å². The highest BCUT2D eigenvalue weighted by Gasteiger charge is 2.14. The number of aliphatic hydroxyl groups excluding tert-OH is 2. The summed E-state index contributed by atoms with van der Waals surface area (Å²) in [5.41, 5.74) is 3.96. The molecule has 5 nitrogen and oxygen atoms in total. The van der Waals surface area contributed by atoms with Gasteiger partial charge in [0.25, 0.3) is 0 Å². The summed E-state index contributed by atoms with van der Waals surface area (Å²) in [6, 6.07) is 13.6. The topological polar surface area (TPSA) is 67.5 Å². The van der Waals surface area contributed by atoms with Gasteiger partial charge in [0.1, 0.15) is 30.9 Å². The molecule has 2 N–H and O–H groups in total. The maximum Gasteiger partial charge on any atom is 0.135 e. The van der Waals surface area contributed by atoms with Crippen LogP contribution in [-0.2, 0) is 13.2 Å². The minimum atomic E-state index is -0.700. The Hall–Kier alpha value is -2.37. The minimum Gasteiger partial charge on any atom is -0.491 e. The molecule has 0 saturated heterocycles. The molecule has 1 atom stereocenters. The smallest absolute Gasteiger partial charge is 0.135 e. The molecular weight excluding hydrogens is 304 g/mol. The lowest BCUT2D eigenvalue weighted by Gasteiger charge is -2.15. The number of nitrogens with zero attached hydrogens (tertiary/aromatic N) is 2. The number of hydrogen-bond donors (Lipinski definition) is 2. The number of benzene rings is 2. The summed E-state index contributed by atoms with van der Waals surface area (Å²) < 4.78 is 7.56. The van der Waals surface area contributed by atoms with E-state index in [1.807, 2.05) is 54.8 Å². The van der Waals surface area contributed by atoms with Gasteiger partial charge in [0, 0.05) is 0 Å². The van der Waals surface area contributed by atoms with Crippen molar-refractivity contribution in [2.24, 2.45) is 0 Å². The molecule has 0 bridgehead atoms. The van der Waals surface area contributed by atoms with Crippen molar-refractivity contribution < 1.29 is 14.9 Å². The van der Waals surface area contributed by atoms with Crippen LogP contribution in [0.15, 0.2) is 42.5 Å². The van der Waals surface area contributed by atoms with Gasteiger partial charge in [-0.3, -0.25) is 0 Å². The zero-order chi connectivity index (χ0) is 17.1. The molecule has 1 unspecified atom stereocenters. The monoisotopic (exact) mass is 326 g/mol.